The first kappa shape index (κ1) is 18.4. The van der Waals surface area contributed by atoms with E-state index in [0.717, 1.165) is 49.8 Å². The molecule has 2 N–H and O–H groups in total. The summed E-state index contributed by atoms with van der Waals surface area (Å²) in [5.74, 6) is 2.09. The summed E-state index contributed by atoms with van der Waals surface area (Å²) in [6.07, 6.45) is 3.09. The molecule has 140 valence electrons. The molecule has 0 spiro atoms. The average Bonchev–Trinajstić information content (AvgIpc) is 3.28. The molecule has 1 fully saturated rings. The summed E-state index contributed by atoms with van der Waals surface area (Å²) in [5.41, 5.74) is 5.72. The first-order valence-electron chi connectivity index (χ1n) is 9.15. The van der Waals surface area contributed by atoms with E-state index in [0.29, 0.717) is 12.2 Å². The molecule has 0 bridgehead atoms. The van der Waals surface area contributed by atoms with Gasteiger partial charge in [-0.15, -0.1) is 0 Å². The number of primary amides is 1. The van der Waals surface area contributed by atoms with Crippen LogP contribution in [0.3, 0.4) is 0 Å². The lowest BCUT2D eigenvalue weighted by molar-refractivity contribution is 0.1000. The first-order chi connectivity index (χ1) is 12.5. The number of nitrogens with zero attached hydrogens (tertiary/aromatic N) is 3. The van der Waals surface area contributed by atoms with Gasteiger partial charge in [0.1, 0.15) is 5.75 Å². The zero-order chi connectivity index (χ0) is 18.5. The minimum absolute atomic E-state index is 0.213. The van der Waals surface area contributed by atoms with Gasteiger partial charge in [-0.05, 0) is 50.1 Å². The predicted octanol–water partition coefficient (Wildman–Crippen LogP) is 2.90. The number of amides is 1. The molecule has 1 atom stereocenters. The van der Waals surface area contributed by atoms with Crippen LogP contribution in [0.5, 0.6) is 5.75 Å². The van der Waals surface area contributed by atoms with Crippen LogP contribution < -0.4 is 10.5 Å². The number of carbonyl (C=O) groups excluding carboxylic acids is 1. The second-order valence-corrected chi connectivity index (χ2v) is 6.93. The maximum atomic E-state index is 11.1. The Kier molecular flexibility index (Phi) is 5.88. The van der Waals surface area contributed by atoms with E-state index in [-0.39, 0.29) is 12.0 Å². The van der Waals surface area contributed by atoms with E-state index in [1.165, 1.54) is 0 Å². The number of rotatable bonds is 8. The van der Waals surface area contributed by atoms with Gasteiger partial charge >= 0.3 is 0 Å². The fourth-order valence-electron chi connectivity index (χ4n) is 3.16. The van der Waals surface area contributed by atoms with Crippen LogP contribution in [-0.2, 0) is 0 Å². The lowest BCUT2D eigenvalue weighted by Crippen LogP contribution is -2.25. The molecule has 1 saturated heterocycles. The molecule has 2 aromatic rings. The Hall–Kier alpha value is -2.41. The highest BCUT2D eigenvalue weighted by atomic mass is 16.5. The number of likely N-dealkylation sites (tertiary alicyclic amines) is 1. The predicted molar refractivity (Wildman–Crippen MR) is 97.0 cm³/mol. The topological polar surface area (TPSA) is 94.5 Å². The number of ether oxygens (including phenoxy) is 1. The maximum Gasteiger partial charge on any atom is 0.248 e. The Morgan fingerprint density at radius 3 is 2.81 bits per heavy atom. The molecule has 1 amide bonds. The third-order valence-corrected chi connectivity index (χ3v) is 4.62. The molecule has 7 nitrogen and oxygen atoms in total. The minimum Gasteiger partial charge on any atom is -0.494 e. The van der Waals surface area contributed by atoms with Gasteiger partial charge in [-0.2, -0.15) is 4.98 Å². The fourth-order valence-corrected chi connectivity index (χ4v) is 3.16. The van der Waals surface area contributed by atoms with Crippen molar-refractivity contribution >= 4 is 5.91 Å². The van der Waals surface area contributed by atoms with E-state index < -0.39 is 5.91 Å². The van der Waals surface area contributed by atoms with Gasteiger partial charge in [-0.1, -0.05) is 19.0 Å². The van der Waals surface area contributed by atoms with Crippen LogP contribution in [0.2, 0.25) is 0 Å². The smallest absolute Gasteiger partial charge is 0.248 e. The van der Waals surface area contributed by atoms with Crippen molar-refractivity contribution in [3.05, 3.63) is 41.5 Å². The van der Waals surface area contributed by atoms with Crippen molar-refractivity contribution in [1.82, 2.24) is 15.0 Å². The number of aromatic nitrogens is 2. The molecule has 1 aliphatic heterocycles. The molecule has 1 aromatic carbocycles. The Bertz CT molecular complexity index is 727. The van der Waals surface area contributed by atoms with Crippen LogP contribution in [0.25, 0.3) is 0 Å². The third kappa shape index (κ3) is 4.40. The van der Waals surface area contributed by atoms with Crippen LogP contribution in [0.1, 0.15) is 67.1 Å². The molecular formula is C19H26N4O3. The molecular weight excluding hydrogens is 332 g/mol. The van der Waals surface area contributed by atoms with Crippen molar-refractivity contribution in [2.24, 2.45) is 5.73 Å². The average molecular weight is 358 g/mol. The highest BCUT2D eigenvalue weighted by molar-refractivity contribution is 5.92. The Morgan fingerprint density at radius 2 is 2.15 bits per heavy atom. The summed E-state index contributed by atoms with van der Waals surface area (Å²) in [5, 5.41) is 4.08. The van der Waals surface area contributed by atoms with Gasteiger partial charge in [0.2, 0.25) is 11.8 Å². The van der Waals surface area contributed by atoms with Crippen LogP contribution in [0.4, 0.5) is 0 Å². The highest BCUT2D eigenvalue weighted by Gasteiger charge is 2.30. The monoisotopic (exact) mass is 358 g/mol. The number of benzene rings is 1. The second kappa shape index (κ2) is 8.31. The van der Waals surface area contributed by atoms with Gasteiger partial charge in [0, 0.05) is 18.0 Å². The summed E-state index contributed by atoms with van der Waals surface area (Å²) < 4.78 is 11.2. The van der Waals surface area contributed by atoms with Crippen molar-refractivity contribution in [2.75, 3.05) is 19.7 Å². The largest absolute Gasteiger partial charge is 0.494 e. The Balaban J connectivity index is 1.47. The second-order valence-electron chi connectivity index (χ2n) is 6.93. The summed E-state index contributed by atoms with van der Waals surface area (Å²) in [6.45, 7) is 6.70. The number of hydrogen-bond donors (Lipinski definition) is 1. The number of carbonyl (C=O) groups is 1. The van der Waals surface area contributed by atoms with Crippen LogP contribution in [0, 0.1) is 0 Å². The van der Waals surface area contributed by atoms with Crippen molar-refractivity contribution in [3.8, 4) is 5.75 Å². The van der Waals surface area contributed by atoms with E-state index in [1.54, 1.807) is 24.3 Å². The molecule has 0 saturated carbocycles. The van der Waals surface area contributed by atoms with Gasteiger partial charge in [-0.25, -0.2) is 0 Å². The van der Waals surface area contributed by atoms with E-state index in [9.17, 15) is 4.79 Å². The molecule has 1 aromatic heterocycles. The van der Waals surface area contributed by atoms with Gasteiger partial charge in [0.25, 0.3) is 0 Å². The summed E-state index contributed by atoms with van der Waals surface area (Å²) in [6, 6.07) is 7.10. The molecule has 1 unspecified atom stereocenters. The van der Waals surface area contributed by atoms with E-state index >= 15 is 0 Å². The summed E-state index contributed by atoms with van der Waals surface area (Å²) >= 11 is 0. The number of nitrogens with two attached hydrogens (primary N) is 1. The SMILES string of the molecule is CC(C)c1noc(C2CCCN2CCCOc2ccc(C(N)=O)cc2)n1. The zero-order valence-electron chi connectivity index (χ0n) is 15.4. The molecule has 2 heterocycles. The van der Waals surface area contributed by atoms with Crippen LogP contribution in [-0.4, -0.2) is 40.6 Å². The highest BCUT2D eigenvalue weighted by Crippen LogP contribution is 2.31. The van der Waals surface area contributed by atoms with Crippen molar-refractivity contribution in [1.29, 1.82) is 0 Å². The minimum atomic E-state index is -0.432. The van der Waals surface area contributed by atoms with Gasteiger partial charge in [0.05, 0.1) is 12.6 Å². The maximum absolute atomic E-state index is 11.1. The molecule has 1 aliphatic rings. The Morgan fingerprint density at radius 1 is 1.38 bits per heavy atom. The molecule has 26 heavy (non-hydrogen) atoms. The quantitative estimate of drug-likeness (QED) is 0.729. The third-order valence-electron chi connectivity index (χ3n) is 4.62. The summed E-state index contributed by atoms with van der Waals surface area (Å²) in [7, 11) is 0. The van der Waals surface area contributed by atoms with Crippen LogP contribution >= 0.6 is 0 Å². The lowest BCUT2D eigenvalue weighted by atomic mass is 10.2. The summed E-state index contributed by atoms with van der Waals surface area (Å²) in [4.78, 5) is 18.0. The molecule has 7 heteroatoms. The van der Waals surface area contributed by atoms with Crippen molar-refractivity contribution < 1.29 is 14.1 Å². The van der Waals surface area contributed by atoms with Gasteiger partial charge in [-0.3, -0.25) is 9.69 Å². The van der Waals surface area contributed by atoms with E-state index in [1.807, 2.05) is 0 Å². The molecule has 0 aliphatic carbocycles. The number of hydrogen-bond acceptors (Lipinski definition) is 6. The molecule has 3 rings (SSSR count). The van der Waals surface area contributed by atoms with E-state index in [4.69, 9.17) is 15.0 Å². The van der Waals surface area contributed by atoms with Crippen LogP contribution in [0.15, 0.2) is 28.8 Å². The standard InChI is InChI=1S/C19H26N4O3/c1-13(2)18-21-19(26-22-18)16-5-3-10-23(16)11-4-12-25-15-8-6-14(7-9-15)17(20)24/h6-9,13,16H,3-5,10-12H2,1-2H3,(H2,20,24). The molecule has 0 radical (unpaired) electrons. The van der Waals surface area contributed by atoms with Crippen molar-refractivity contribution in [3.63, 3.8) is 0 Å². The normalized spacial score (nSPS) is 17.7. The zero-order valence-corrected chi connectivity index (χ0v) is 15.4. The fraction of sp³-hybridized carbons (Fsp3) is 0.526. The van der Waals surface area contributed by atoms with Gasteiger partial charge in [0.15, 0.2) is 5.82 Å². The van der Waals surface area contributed by atoms with Gasteiger partial charge < -0.3 is 15.0 Å². The Labute approximate surface area is 153 Å². The first-order valence-corrected chi connectivity index (χ1v) is 9.15. The lowest BCUT2D eigenvalue weighted by Gasteiger charge is -2.21. The van der Waals surface area contributed by atoms with E-state index in [2.05, 4.69) is 28.9 Å². The van der Waals surface area contributed by atoms with Crippen molar-refractivity contribution in [2.45, 2.75) is 45.1 Å².